The van der Waals surface area contributed by atoms with Crippen LogP contribution in [-0.4, -0.2) is 60.9 Å². The molecule has 1 aliphatic rings. The van der Waals surface area contributed by atoms with E-state index in [0.717, 1.165) is 36.3 Å². The topological polar surface area (TPSA) is 52.6 Å². The van der Waals surface area contributed by atoms with Gasteiger partial charge in [-0.05, 0) is 41.3 Å². The lowest BCUT2D eigenvalue weighted by molar-refractivity contribution is -0.131. The fourth-order valence-electron chi connectivity index (χ4n) is 2.32. The lowest BCUT2D eigenvalue weighted by atomic mass is 10.2. The van der Waals surface area contributed by atoms with Crippen LogP contribution in [0.25, 0.3) is 0 Å². The molecule has 1 fully saturated rings. The normalized spacial score (nSPS) is 15.8. The molecule has 5 nitrogen and oxygen atoms in total. The monoisotopic (exact) mass is 401 g/mol. The van der Waals surface area contributed by atoms with Gasteiger partial charge in [0.25, 0.3) is 5.91 Å². The Kier molecular flexibility index (Phi) is 5.98. The van der Waals surface area contributed by atoms with Gasteiger partial charge in [0.15, 0.2) is 0 Å². The Labute approximate surface area is 138 Å². The molecule has 21 heavy (non-hydrogen) atoms. The second-order valence-corrected chi connectivity index (χ2v) is 6.14. The van der Waals surface area contributed by atoms with Gasteiger partial charge in [0.1, 0.15) is 0 Å². The fourth-order valence-corrected chi connectivity index (χ4v) is 2.95. The number of nitrogens with zero attached hydrogens (tertiary/aromatic N) is 2. The molecule has 0 unspecified atom stereocenters. The molecule has 0 spiro atoms. The first-order chi connectivity index (χ1) is 10.1. The lowest BCUT2D eigenvalue weighted by Gasteiger charge is -2.34. The van der Waals surface area contributed by atoms with E-state index in [-0.39, 0.29) is 18.4 Å². The van der Waals surface area contributed by atoms with Crippen LogP contribution in [-0.2, 0) is 4.79 Å². The van der Waals surface area contributed by atoms with E-state index in [1.165, 1.54) is 0 Å². The van der Waals surface area contributed by atoms with Crippen molar-refractivity contribution in [1.29, 1.82) is 0 Å². The van der Waals surface area contributed by atoms with E-state index < -0.39 is 0 Å². The summed E-state index contributed by atoms with van der Waals surface area (Å²) < 4.78 is 0.886. The van der Waals surface area contributed by atoms with Gasteiger partial charge in [-0.15, -0.1) is 0 Å². The fraction of sp³-hybridized carbons (Fsp3) is 0.467. The van der Waals surface area contributed by atoms with Crippen molar-refractivity contribution in [3.8, 4) is 0 Å². The number of carbonyl (C=O) groups is 2. The number of likely N-dealkylation sites (N-methyl/N-ethyl adjacent to an activating group) is 1. The van der Waals surface area contributed by atoms with Crippen LogP contribution >= 0.6 is 22.6 Å². The number of rotatable bonds is 4. The van der Waals surface area contributed by atoms with Gasteiger partial charge in [-0.25, -0.2) is 0 Å². The molecule has 2 rings (SSSR count). The highest BCUT2D eigenvalue weighted by atomic mass is 127. The standard InChI is InChI=1S/C15H20IN3O2/c1-2-18-7-9-19(10-8-18)14(20)11-17-15(21)12-5-3-4-6-13(12)16/h3-6H,2,7-11H2,1H3,(H,17,21). The Hall–Kier alpha value is -1.15. The number of nitrogens with one attached hydrogen (secondary N) is 1. The first kappa shape index (κ1) is 16.2. The van der Waals surface area contributed by atoms with Gasteiger partial charge in [-0.3, -0.25) is 9.59 Å². The minimum atomic E-state index is -0.194. The molecule has 1 heterocycles. The highest BCUT2D eigenvalue weighted by Crippen LogP contribution is 2.11. The van der Waals surface area contributed by atoms with E-state index >= 15 is 0 Å². The zero-order chi connectivity index (χ0) is 15.2. The number of benzene rings is 1. The van der Waals surface area contributed by atoms with E-state index in [2.05, 4.69) is 39.7 Å². The van der Waals surface area contributed by atoms with Gasteiger partial charge in [-0.1, -0.05) is 19.1 Å². The molecule has 1 aromatic rings. The third-order valence-electron chi connectivity index (χ3n) is 3.69. The molecule has 114 valence electrons. The summed E-state index contributed by atoms with van der Waals surface area (Å²) in [5.74, 6) is -0.203. The van der Waals surface area contributed by atoms with Gasteiger partial charge < -0.3 is 15.1 Å². The van der Waals surface area contributed by atoms with Crippen molar-refractivity contribution in [3.05, 3.63) is 33.4 Å². The predicted octanol–water partition coefficient (Wildman–Crippen LogP) is 1.19. The molecule has 2 amide bonds. The number of hydrogen-bond acceptors (Lipinski definition) is 3. The first-order valence-corrected chi connectivity index (χ1v) is 8.22. The van der Waals surface area contributed by atoms with Gasteiger partial charge in [0, 0.05) is 29.7 Å². The van der Waals surface area contributed by atoms with Crippen LogP contribution in [0.15, 0.2) is 24.3 Å². The summed E-state index contributed by atoms with van der Waals surface area (Å²) in [6.07, 6.45) is 0. The molecule has 0 aliphatic carbocycles. The largest absolute Gasteiger partial charge is 0.343 e. The van der Waals surface area contributed by atoms with Crippen molar-refractivity contribution in [2.24, 2.45) is 0 Å². The molecular weight excluding hydrogens is 381 g/mol. The summed E-state index contributed by atoms with van der Waals surface area (Å²) in [6, 6.07) is 7.35. The molecule has 1 aliphatic heterocycles. The molecular formula is C15H20IN3O2. The average Bonchev–Trinajstić information content (AvgIpc) is 2.52. The van der Waals surface area contributed by atoms with Crippen LogP contribution in [0.3, 0.4) is 0 Å². The lowest BCUT2D eigenvalue weighted by Crippen LogP contribution is -2.51. The van der Waals surface area contributed by atoms with Crippen LogP contribution in [0.4, 0.5) is 0 Å². The van der Waals surface area contributed by atoms with E-state index in [4.69, 9.17) is 0 Å². The smallest absolute Gasteiger partial charge is 0.252 e. The average molecular weight is 401 g/mol. The van der Waals surface area contributed by atoms with Crippen LogP contribution in [0.1, 0.15) is 17.3 Å². The molecule has 0 saturated carbocycles. The van der Waals surface area contributed by atoms with Crippen molar-refractivity contribution in [2.75, 3.05) is 39.3 Å². The zero-order valence-corrected chi connectivity index (χ0v) is 14.3. The molecule has 0 atom stereocenters. The molecule has 0 aromatic heterocycles. The number of piperazine rings is 1. The van der Waals surface area contributed by atoms with Crippen LogP contribution in [0.2, 0.25) is 0 Å². The third kappa shape index (κ3) is 4.41. The summed E-state index contributed by atoms with van der Waals surface area (Å²) in [7, 11) is 0. The summed E-state index contributed by atoms with van der Waals surface area (Å²) in [5, 5.41) is 2.71. The number of halogens is 1. The molecule has 1 saturated heterocycles. The summed E-state index contributed by atoms with van der Waals surface area (Å²) >= 11 is 2.12. The third-order valence-corrected chi connectivity index (χ3v) is 4.63. The van der Waals surface area contributed by atoms with E-state index in [1.807, 2.05) is 23.1 Å². The minimum absolute atomic E-state index is 0.00922. The van der Waals surface area contributed by atoms with E-state index in [1.54, 1.807) is 6.07 Å². The Morgan fingerprint density at radius 1 is 1.19 bits per heavy atom. The van der Waals surface area contributed by atoms with E-state index in [9.17, 15) is 9.59 Å². The Morgan fingerprint density at radius 3 is 2.48 bits per heavy atom. The number of carbonyl (C=O) groups excluding carboxylic acids is 2. The second kappa shape index (κ2) is 7.74. The Balaban J connectivity index is 1.82. The van der Waals surface area contributed by atoms with Crippen LogP contribution in [0.5, 0.6) is 0 Å². The van der Waals surface area contributed by atoms with Crippen molar-refractivity contribution in [3.63, 3.8) is 0 Å². The predicted molar refractivity (Wildman–Crippen MR) is 90.2 cm³/mol. The van der Waals surface area contributed by atoms with Gasteiger partial charge in [0.05, 0.1) is 12.1 Å². The maximum Gasteiger partial charge on any atom is 0.252 e. The zero-order valence-electron chi connectivity index (χ0n) is 12.1. The molecule has 6 heteroatoms. The summed E-state index contributed by atoms with van der Waals surface area (Å²) in [4.78, 5) is 28.3. The van der Waals surface area contributed by atoms with Crippen molar-refractivity contribution in [2.45, 2.75) is 6.92 Å². The maximum absolute atomic E-state index is 12.1. The molecule has 1 aromatic carbocycles. The highest BCUT2D eigenvalue weighted by molar-refractivity contribution is 14.1. The van der Waals surface area contributed by atoms with Gasteiger partial charge >= 0.3 is 0 Å². The minimum Gasteiger partial charge on any atom is -0.343 e. The van der Waals surface area contributed by atoms with Gasteiger partial charge in [-0.2, -0.15) is 0 Å². The maximum atomic E-state index is 12.1. The molecule has 0 radical (unpaired) electrons. The van der Waals surface area contributed by atoms with Gasteiger partial charge in [0.2, 0.25) is 5.91 Å². The Bertz CT molecular complexity index is 513. The number of amides is 2. The SMILES string of the molecule is CCN1CCN(C(=O)CNC(=O)c2ccccc2I)CC1. The second-order valence-electron chi connectivity index (χ2n) is 4.98. The van der Waals surface area contributed by atoms with Crippen molar-refractivity contribution in [1.82, 2.24) is 15.1 Å². The summed E-state index contributed by atoms with van der Waals surface area (Å²) in [5.41, 5.74) is 0.613. The quantitative estimate of drug-likeness (QED) is 0.772. The van der Waals surface area contributed by atoms with Crippen LogP contribution < -0.4 is 5.32 Å². The Morgan fingerprint density at radius 2 is 1.86 bits per heavy atom. The van der Waals surface area contributed by atoms with Crippen LogP contribution in [0, 0.1) is 3.57 Å². The van der Waals surface area contributed by atoms with Crippen molar-refractivity contribution < 1.29 is 9.59 Å². The summed E-state index contributed by atoms with van der Waals surface area (Å²) in [6.45, 7) is 6.51. The molecule has 1 N–H and O–H groups in total. The number of hydrogen-bond donors (Lipinski definition) is 1. The molecule has 0 bridgehead atoms. The first-order valence-electron chi connectivity index (χ1n) is 7.14. The highest BCUT2D eigenvalue weighted by Gasteiger charge is 2.20. The van der Waals surface area contributed by atoms with E-state index in [0.29, 0.717) is 5.56 Å². The van der Waals surface area contributed by atoms with Crippen molar-refractivity contribution >= 4 is 34.4 Å².